The van der Waals surface area contributed by atoms with Crippen molar-refractivity contribution in [1.82, 2.24) is 0 Å². The second kappa shape index (κ2) is 5.43. The number of hydrogen-bond acceptors (Lipinski definition) is 1. The van der Waals surface area contributed by atoms with E-state index in [1.165, 1.54) is 18.4 Å². The smallest absolute Gasteiger partial charge is 0.0966 e. The predicted molar refractivity (Wildman–Crippen MR) is 96.1 cm³/mol. The highest BCUT2D eigenvalue weighted by Crippen LogP contribution is 2.67. The van der Waals surface area contributed by atoms with Crippen molar-refractivity contribution in [1.29, 1.82) is 0 Å². The molecule has 7 atom stereocenters. The minimum absolute atomic E-state index is 0.0888. The molecule has 1 nitrogen and oxygen atoms in total. The van der Waals surface area contributed by atoms with Crippen LogP contribution in [-0.2, 0) is 0 Å². The molecule has 0 aromatic carbocycles. The van der Waals surface area contributed by atoms with Crippen molar-refractivity contribution < 1.29 is 9.50 Å². The zero-order valence-electron chi connectivity index (χ0n) is 15.7. The van der Waals surface area contributed by atoms with Crippen molar-refractivity contribution in [2.24, 2.45) is 34.5 Å². The summed E-state index contributed by atoms with van der Waals surface area (Å²) in [5.41, 5.74) is 2.99. The Balaban J connectivity index is 1.72. The molecular formula is C22H33FO. The molecule has 0 amide bonds. The minimum atomic E-state index is -0.153. The van der Waals surface area contributed by atoms with Gasteiger partial charge in [0.25, 0.3) is 0 Å². The fourth-order valence-corrected chi connectivity index (χ4v) is 7.45. The van der Waals surface area contributed by atoms with Crippen LogP contribution in [0.1, 0.15) is 72.6 Å². The fourth-order valence-electron chi connectivity index (χ4n) is 7.45. The number of fused-ring (bicyclic) bond motifs is 5. The predicted octanol–water partition coefficient (Wildman–Crippen LogP) is 5.80. The zero-order chi connectivity index (χ0) is 17.3. The Labute approximate surface area is 146 Å². The molecule has 4 aliphatic carbocycles. The van der Waals surface area contributed by atoms with E-state index in [0.29, 0.717) is 17.8 Å². The number of halogens is 1. The van der Waals surface area contributed by atoms with E-state index in [0.717, 1.165) is 43.6 Å². The van der Waals surface area contributed by atoms with Crippen LogP contribution in [0.4, 0.5) is 4.39 Å². The standard InChI is InChI=1S/C22H33FO/c1-13-11-16(24)12-15-5-6-17-19-8-7-18(14(2)23)21(19,3)10-9-20(17)22(13,15)4/h5,13,16-17,19-20,24H,6-12H2,1-4H3/b18-14+/t13-,16-,17?,19?,20?,21+,22-/m0/s1. The van der Waals surface area contributed by atoms with Gasteiger partial charge in [0.1, 0.15) is 0 Å². The molecule has 134 valence electrons. The summed E-state index contributed by atoms with van der Waals surface area (Å²) in [4.78, 5) is 0. The third-order valence-electron chi connectivity index (χ3n) is 8.84. The quantitative estimate of drug-likeness (QED) is 0.556. The van der Waals surface area contributed by atoms with Gasteiger partial charge in [-0.25, -0.2) is 4.39 Å². The van der Waals surface area contributed by atoms with Gasteiger partial charge in [0.2, 0.25) is 0 Å². The van der Waals surface area contributed by atoms with Gasteiger partial charge >= 0.3 is 0 Å². The lowest BCUT2D eigenvalue weighted by atomic mass is 9.45. The third-order valence-corrected chi connectivity index (χ3v) is 8.84. The van der Waals surface area contributed by atoms with Crippen LogP contribution in [-0.4, -0.2) is 11.2 Å². The number of aliphatic hydroxyl groups is 1. The molecule has 0 saturated heterocycles. The summed E-state index contributed by atoms with van der Waals surface area (Å²) >= 11 is 0. The topological polar surface area (TPSA) is 20.2 Å². The highest BCUT2D eigenvalue weighted by atomic mass is 19.1. The Morgan fingerprint density at radius 3 is 2.71 bits per heavy atom. The fraction of sp³-hybridized carbons (Fsp3) is 0.818. The Morgan fingerprint density at radius 1 is 1.25 bits per heavy atom. The van der Waals surface area contributed by atoms with Crippen LogP contribution < -0.4 is 0 Å². The Hall–Kier alpha value is -0.630. The van der Waals surface area contributed by atoms with Gasteiger partial charge in [-0.2, -0.15) is 0 Å². The summed E-state index contributed by atoms with van der Waals surface area (Å²) in [6.07, 6.45) is 9.78. The van der Waals surface area contributed by atoms with Crippen LogP contribution in [0.3, 0.4) is 0 Å². The van der Waals surface area contributed by atoms with E-state index in [2.05, 4.69) is 26.8 Å². The van der Waals surface area contributed by atoms with Gasteiger partial charge in [-0.05, 0) is 91.9 Å². The summed E-state index contributed by atoms with van der Waals surface area (Å²) in [6.45, 7) is 8.83. The highest BCUT2D eigenvalue weighted by Gasteiger charge is 2.59. The minimum Gasteiger partial charge on any atom is -0.393 e. The van der Waals surface area contributed by atoms with Gasteiger partial charge in [-0.1, -0.05) is 32.4 Å². The number of allylic oxidation sites excluding steroid dienone is 3. The van der Waals surface area contributed by atoms with Gasteiger partial charge in [0.15, 0.2) is 0 Å². The summed E-state index contributed by atoms with van der Waals surface area (Å²) in [5.74, 6) is 2.70. The molecule has 3 saturated carbocycles. The molecule has 0 heterocycles. The van der Waals surface area contributed by atoms with Crippen LogP contribution in [0.15, 0.2) is 23.0 Å². The molecule has 0 bridgehead atoms. The lowest BCUT2D eigenvalue weighted by molar-refractivity contribution is -0.0534. The summed E-state index contributed by atoms with van der Waals surface area (Å²) < 4.78 is 14.1. The first-order valence-corrected chi connectivity index (χ1v) is 10.0. The Kier molecular flexibility index (Phi) is 3.81. The van der Waals surface area contributed by atoms with Crippen molar-refractivity contribution in [2.75, 3.05) is 0 Å². The molecule has 0 aromatic heterocycles. The van der Waals surface area contributed by atoms with Gasteiger partial charge in [-0.3, -0.25) is 0 Å². The molecule has 4 aliphatic rings. The molecule has 3 fully saturated rings. The van der Waals surface area contributed by atoms with Crippen LogP contribution in [0, 0.1) is 34.5 Å². The van der Waals surface area contributed by atoms with Crippen LogP contribution in [0.25, 0.3) is 0 Å². The van der Waals surface area contributed by atoms with E-state index < -0.39 is 0 Å². The largest absolute Gasteiger partial charge is 0.393 e. The van der Waals surface area contributed by atoms with Crippen molar-refractivity contribution in [2.45, 2.75) is 78.7 Å². The molecule has 1 N–H and O–H groups in total. The normalized spacial score (nSPS) is 52.9. The van der Waals surface area contributed by atoms with Gasteiger partial charge in [0.05, 0.1) is 11.9 Å². The van der Waals surface area contributed by atoms with E-state index in [4.69, 9.17) is 0 Å². The maximum absolute atomic E-state index is 14.1. The average molecular weight is 333 g/mol. The summed E-state index contributed by atoms with van der Waals surface area (Å²) in [7, 11) is 0. The van der Waals surface area contributed by atoms with E-state index in [1.807, 2.05) is 0 Å². The van der Waals surface area contributed by atoms with Crippen molar-refractivity contribution >= 4 is 0 Å². The number of aliphatic hydroxyl groups excluding tert-OH is 1. The molecule has 0 spiro atoms. The molecule has 4 rings (SSSR count). The molecule has 2 heteroatoms. The van der Waals surface area contributed by atoms with Gasteiger partial charge < -0.3 is 5.11 Å². The molecule has 3 unspecified atom stereocenters. The van der Waals surface area contributed by atoms with E-state index in [1.54, 1.807) is 6.92 Å². The molecule has 0 aliphatic heterocycles. The van der Waals surface area contributed by atoms with Crippen molar-refractivity contribution in [3.63, 3.8) is 0 Å². The van der Waals surface area contributed by atoms with E-state index in [9.17, 15) is 9.50 Å². The molecule has 0 radical (unpaired) electrons. The Bertz CT molecular complexity index is 601. The maximum Gasteiger partial charge on any atom is 0.0966 e. The zero-order valence-corrected chi connectivity index (χ0v) is 15.7. The van der Waals surface area contributed by atoms with E-state index in [-0.39, 0.29) is 22.8 Å². The first kappa shape index (κ1) is 16.8. The molecule has 24 heavy (non-hydrogen) atoms. The van der Waals surface area contributed by atoms with E-state index >= 15 is 0 Å². The van der Waals surface area contributed by atoms with Crippen molar-refractivity contribution in [3.8, 4) is 0 Å². The maximum atomic E-state index is 14.1. The first-order valence-electron chi connectivity index (χ1n) is 10.0. The summed E-state index contributed by atoms with van der Waals surface area (Å²) in [6, 6.07) is 0. The number of hydrogen-bond donors (Lipinski definition) is 1. The van der Waals surface area contributed by atoms with Gasteiger partial charge in [0, 0.05) is 0 Å². The highest BCUT2D eigenvalue weighted by molar-refractivity contribution is 5.30. The van der Waals surface area contributed by atoms with Crippen LogP contribution in [0.2, 0.25) is 0 Å². The van der Waals surface area contributed by atoms with Crippen LogP contribution in [0.5, 0.6) is 0 Å². The molecular weight excluding hydrogens is 299 g/mol. The second-order valence-electron chi connectivity index (χ2n) is 9.63. The first-order chi connectivity index (χ1) is 11.3. The average Bonchev–Trinajstić information content (AvgIpc) is 2.86. The SMILES string of the molecule is C/C(F)=C1/CCC2C3CC=C4C[C@@H](O)C[C@H](C)[C@]4(C)C3CC[C@]12C. The van der Waals surface area contributed by atoms with Gasteiger partial charge in [-0.15, -0.1) is 0 Å². The summed E-state index contributed by atoms with van der Waals surface area (Å²) in [5, 5.41) is 10.2. The van der Waals surface area contributed by atoms with Crippen molar-refractivity contribution in [3.05, 3.63) is 23.0 Å². The van der Waals surface area contributed by atoms with Crippen LogP contribution >= 0.6 is 0 Å². The third kappa shape index (κ3) is 2.08. The monoisotopic (exact) mass is 332 g/mol. The Morgan fingerprint density at radius 2 is 2.00 bits per heavy atom. The lowest BCUT2D eigenvalue weighted by Gasteiger charge is -2.59. The second-order valence-corrected chi connectivity index (χ2v) is 9.63. The number of rotatable bonds is 0. The lowest BCUT2D eigenvalue weighted by Crippen LogP contribution is -2.52. The molecule has 0 aromatic rings.